The summed E-state index contributed by atoms with van der Waals surface area (Å²) in [7, 11) is -2.10. The van der Waals surface area contributed by atoms with E-state index >= 15 is 0 Å². The molecule has 1 aliphatic heterocycles. The Morgan fingerprint density at radius 2 is 1.73 bits per heavy atom. The zero-order chi connectivity index (χ0) is 25.9. The van der Waals surface area contributed by atoms with E-state index in [-0.39, 0.29) is 11.5 Å². The van der Waals surface area contributed by atoms with E-state index in [1.165, 1.54) is 12.1 Å². The normalized spacial score (nSPS) is 15.4. The fraction of sp³-hybridized carbons (Fsp3) is 0.259. The van der Waals surface area contributed by atoms with Crippen LogP contribution in [-0.4, -0.2) is 38.7 Å². The van der Waals surface area contributed by atoms with E-state index in [9.17, 15) is 8.42 Å². The topological polar surface area (TPSA) is 127 Å². The Morgan fingerprint density at radius 1 is 1.00 bits per heavy atom. The van der Waals surface area contributed by atoms with Crippen LogP contribution in [0.4, 0.5) is 0 Å². The van der Waals surface area contributed by atoms with Crippen LogP contribution in [0, 0.1) is 0 Å². The van der Waals surface area contributed by atoms with E-state index in [4.69, 9.17) is 23.8 Å². The molecule has 2 aromatic carbocycles. The predicted molar refractivity (Wildman–Crippen MR) is 136 cm³/mol. The molecule has 0 unspecified atom stereocenters. The number of methoxy groups -OCH3 is 1. The van der Waals surface area contributed by atoms with E-state index in [1.54, 1.807) is 31.6 Å². The highest BCUT2D eigenvalue weighted by atomic mass is 32.2. The summed E-state index contributed by atoms with van der Waals surface area (Å²) in [6, 6.07) is 17.7. The van der Waals surface area contributed by atoms with E-state index in [1.807, 2.05) is 36.4 Å². The van der Waals surface area contributed by atoms with Gasteiger partial charge in [-0.15, -0.1) is 0 Å². The van der Waals surface area contributed by atoms with Crippen LogP contribution in [0.2, 0.25) is 0 Å². The van der Waals surface area contributed by atoms with Crippen molar-refractivity contribution in [2.24, 2.45) is 5.14 Å². The summed E-state index contributed by atoms with van der Waals surface area (Å²) in [6.07, 6.45) is 4.91. The summed E-state index contributed by atoms with van der Waals surface area (Å²) in [5, 5.41) is 5.24. The lowest BCUT2D eigenvalue weighted by Crippen LogP contribution is -2.35. The standard InChI is InChI=1S/C27H27N3O6S/c1-33-27(11-13-34-14-12-27)21-15-22(17-29-16-21)35-18-24-30-25(19-5-3-2-4-6-19)26(36-24)20-7-9-23(10-8-20)37(28,31)32/h2-10,15-17H,11-14,18H2,1H3,(H2,28,31,32). The summed E-state index contributed by atoms with van der Waals surface area (Å²) in [6.45, 7) is 1.32. The van der Waals surface area contributed by atoms with Crippen molar-refractivity contribution < 1.29 is 27.0 Å². The van der Waals surface area contributed by atoms with Crippen molar-refractivity contribution in [1.29, 1.82) is 0 Å². The smallest absolute Gasteiger partial charge is 0.238 e. The predicted octanol–water partition coefficient (Wildman–Crippen LogP) is 4.28. The van der Waals surface area contributed by atoms with Gasteiger partial charge in [-0.05, 0) is 30.3 Å². The van der Waals surface area contributed by atoms with Crippen LogP contribution in [0.15, 0.2) is 82.4 Å². The average Bonchev–Trinajstić information content (AvgIpc) is 3.37. The molecule has 2 aromatic heterocycles. The SMILES string of the molecule is COC1(c2cncc(OCc3nc(-c4ccccc4)c(-c4ccc(S(N)(=O)=O)cc4)o3)c2)CCOCC1. The number of rotatable bonds is 8. The zero-order valence-electron chi connectivity index (χ0n) is 20.3. The van der Waals surface area contributed by atoms with Crippen LogP contribution in [-0.2, 0) is 31.7 Å². The van der Waals surface area contributed by atoms with Gasteiger partial charge >= 0.3 is 0 Å². The first kappa shape index (κ1) is 25.1. The van der Waals surface area contributed by atoms with Crippen molar-refractivity contribution in [3.8, 4) is 28.3 Å². The minimum atomic E-state index is -3.80. The molecular formula is C27H27N3O6S. The summed E-state index contributed by atoms with van der Waals surface area (Å²) in [5.74, 6) is 1.43. The van der Waals surface area contributed by atoms with Gasteiger partial charge in [0.15, 0.2) is 12.4 Å². The molecule has 5 rings (SSSR count). The molecule has 3 heterocycles. The number of benzene rings is 2. The van der Waals surface area contributed by atoms with Crippen molar-refractivity contribution in [3.63, 3.8) is 0 Å². The van der Waals surface area contributed by atoms with Gasteiger partial charge in [0.2, 0.25) is 15.9 Å². The number of sulfonamides is 1. The summed E-state index contributed by atoms with van der Waals surface area (Å²) in [5.41, 5.74) is 2.62. The van der Waals surface area contributed by atoms with Gasteiger partial charge in [-0.3, -0.25) is 4.98 Å². The Labute approximate surface area is 215 Å². The molecule has 0 amide bonds. The summed E-state index contributed by atoms with van der Waals surface area (Å²) < 4.78 is 46.8. The largest absolute Gasteiger partial charge is 0.482 e. The van der Waals surface area contributed by atoms with Crippen molar-refractivity contribution >= 4 is 10.0 Å². The van der Waals surface area contributed by atoms with Crippen molar-refractivity contribution in [3.05, 3.63) is 84.5 Å². The molecule has 1 fully saturated rings. The van der Waals surface area contributed by atoms with Gasteiger partial charge in [0, 0.05) is 56.1 Å². The number of ether oxygens (including phenoxy) is 3. The highest BCUT2D eigenvalue weighted by molar-refractivity contribution is 7.89. The van der Waals surface area contributed by atoms with Gasteiger partial charge < -0.3 is 18.6 Å². The van der Waals surface area contributed by atoms with E-state index in [0.29, 0.717) is 41.9 Å². The third-order valence-corrected chi connectivity index (χ3v) is 7.39. The van der Waals surface area contributed by atoms with Crippen LogP contribution < -0.4 is 9.88 Å². The molecule has 0 atom stereocenters. The van der Waals surface area contributed by atoms with Gasteiger partial charge in [0.1, 0.15) is 11.4 Å². The lowest BCUT2D eigenvalue weighted by atomic mass is 9.87. The molecule has 0 radical (unpaired) electrons. The number of primary sulfonamides is 1. The molecule has 0 bridgehead atoms. The van der Waals surface area contributed by atoms with Gasteiger partial charge in [0.25, 0.3) is 0 Å². The lowest BCUT2D eigenvalue weighted by Gasteiger charge is -2.36. The van der Waals surface area contributed by atoms with Crippen LogP contribution in [0.1, 0.15) is 24.3 Å². The van der Waals surface area contributed by atoms with Gasteiger partial charge in [-0.1, -0.05) is 30.3 Å². The molecule has 0 saturated carbocycles. The molecule has 0 aliphatic carbocycles. The first-order chi connectivity index (χ1) is 17.9. The molecular weight excluding hydrogens is 494 g/mol. The third-order valence-electron chi connectivity index (χ3n) is 6.46. The quantitative estimate of drug-likeness (QED) is 0.364. The minimum absolute atomic E-state index is 0.0197. The average molecular weight is 522 g/mol. The number of oxazole rings is 1. The second-order valence-electron chi connectivity index (χ2n) is 8.73. The number of nitrogens with zero attached hydrogens (tertiary/aromatic N) is 2. The highest BCUT2D eigenvalue weighted by Crippen LogP contribution is 2.37. The molecule has 2 N–H and O–H groups in total. The van der Waals surface area contributed by atoms with E-state index < -0.39 is 15.6 Å². The maximum atomic E-state index is 11.7. The molecule has 0 spiro atoms. The van der Waals surface area contributed by atoms with Crippen molar-refractivity contribution in [2.45, 2.75) is 29.9 Å². The minimum Gasteiger partial charge on any atom is -0.482 e. The Balaban J connectivity index is 1.42. The fourth-order valence-electron chi connectivity index (χ4n) is 4.41. The Kier molecular flexibility index (Phi) is 7.07. The van der Waals surface area contributed by atoms with Crippen molar-refractivity contribution in [2.75, 3.05) is 20.3 Å². The van der Waals surface area contributed by atoms with E-state index in [2.05, 4.69) is 9.97 Å². The first-order valence-electron chi connectivity index (χ1n) is 11.8. The fourth-order valence-corrected chi connectivity index (χ4v) is 4.93. The van der Waals surface area contributed by atoms with E-state index in [0.717, 1.165) is 24.0 Å². The van der Waals surface area contributed by atoms with Gasteiger partial charge in [-0.2, -0.15) is 0 Å². The van der Waals surface area contributed by atoms with Gasteiger partial charge in [-0.25, -0.2) is 18.5 Å². The van der Waals surface area contributed by atoms with Crippen molar-refractivity contribution in [1.82, 2.24) is 9.97 Å². The number of hydrogen-bond donors (Lipinski definition) is 1. The number of nitrogens with two attached hydrogens (primary N) is 1. The third kappa shape index (κ3) is 5.42. The second kappa shape index (κ2) is 10.4. The van der Waals surface area contributed by atoms with Crippen LogP contribution in [0.3, 0.4) is 0 Å². The van der Waals surface area contributed by atoms with Gasteiger partial charge in [0.05, 0.1) is 16.7 Å². The second-order valence-corrected chi connectivity index (χ2v) is 10.3. The number of pyridine rings is 1. The molecule has 37 heavy (non-hydrogen) atoms. The molecule has 4 aromatic rings. The Morgan fingerprint density at radius 3 is 2.41 bits per heavy atom. The maximum absolute atomic E-state index is 11.7. The lowest BCUT2D eigenvalue weighted by molar-refractivity contribution is -0.0950. The summed E-state index contributed by atoms with van der Waals surface area (Å²) in [4.78, 5) is 9.06. The van der Waals surface area contributed by atoms with Crippen LogP contribution >= 0.6 is 0 Å². The highest BCUT2D eigenvalue weighted by Gasteiger charge is 2.35. The molecule has 1 aliphatic rings. The summed E-state index contributed by atoms with van der Waals surface area (Å²) >= 11 is 0. The number of aromatic nitrogens is 2. The molecule has 9 nitrogen and oxygen atoms in total. The first-order valence-corrected chi connectivity index (χ1v) is 13.3. The van der Waals surface area contributed by atoms with Crippen LogP contribution in [0.5, 0.6) is 5.75 Å². The van der Waals surface area contributed by atoms with Crippen LogP contribution in [0.25, 0.3) is 22.6 Å². The molecule has 10 heteroatoms. The maximum Gasteiger partial charge on any atom is 0.238 e. The number of hydrogen-bond acceptors (Lipinski definition) is 8. The Hall–Kier alpha value is -3.57. The molecule has 1 saturated heterocycles. The molecule has 192 valence electrons. The monoisotopic (exact) mass is 521 g/mol. The Bertz CT molecular complexity index is 1460. The zero-order valence-corrected chi connectivity index (χ0v) is 21.1.